The molecule has 1 aliphatic rings. The number of hydrogen-bond donors (Lipinski definition) is 1. The molecule has 0 aliphatic carbocycles. The van der Waals surface area contributed by atoms with E-state index in [0.29, 0.717) is 5.56 Å². The summed E-state index contributed by atoms with van der Waals surface area (Å²) in [4.78, 5) is 11.3. The van der Waals surface area contributed by atoms with E-state index in [9.17, 15) is 18.0 Å². The Morgan fingerprint density at radius 2 is 2.12 bits per heavy atom. The van der Waals surface area contributed by atoms with Crippen molar-refractivity contribution in [3.8, 4) is 0 Å². The van der Waals surface area contributed by atoms with Crippen molar-refractivity contribution in [1.82, 2.24) is 5.32 Å². The molecular weight excluding hydrogens is 235 g/mol. The predicted molar refractivity (Wildman–Crippen MR) is 52.7 cm³/mol. The average Bonchev–Trinajstić information content (AvgIpc) is 2.35. The molecule has 1 heterocycles. The second-order valence-electron chi connectivity index (χ2n) is 3.78. The van der Waals surface area contributed by atoms with Gasteiger partial charge in [0.05, 0.1) is 7.11 Å². The van der Waals surface area contributed by atoms with E-state index in [1.165, 1.54) is 7.11 Å². The number of halogens is 3. The van der Waals surface area contributed by atoms with Crippen molar-refractivity contribution in [3.63, 3.8) is 0 Å². The number of methoxy groups -OCH3 is 1. The van der Waals surface area contributed by atoms with Crippen molar-refractivity contribution in [2.45, 2.75) is 19.0 Å². The van der Waals surface area contributed by atoms with Gasteiger partial charge in [-0.1, -0.05) is 0 Å². The number of fused-ring (bicyclic) bond motifs is 1. The Balaban J connectivity index is 2.38. The molecule has 92 valence electrons. The summed E-state index contributed by atoms with van der Waals surface area (Å²) >= 11 is 0. The molecule has 0 amide bonds. The fourth-order valence-electron chi connectivity index (χ4n) is 1.88. The Morgan fingerprint density at radius 1 is 1.41 bits per heavy atom. The SMILES string of the molecule is COC(=O)C1Cc2c(cc(F)c(F)c2F)CN1. The minimum Gasteiger partial charge on any atom is -0.468 e. The van der Waals surface area contributed by atoms with E-state index < -0.39 is 29.5 Å². The van der Waals surface area contributed by atoms with Crippen molar-refractivity contribution in [1.29, 1.82) is 0 Å². The second kappa shape index (κ2) is 4.37. The third-order valence-electron chi connectivity index (χ3n) is 2.79. The van der Waals surface area contributed by atoms with Crippen LogP contribution >= 0.6 is 0 Å². The van der Waals surface area contributed by atoms with E-state index in [0.717, 1.165) is 6.07 Å². The van der Waals surface area contributed by atoms with E-state index >= 15 is 0 Å². The maximum atomic E-state index is 13.5. The van der Waals surface area contributed by atoms with E-state index in [-0.39, 0.29) is 18.5 Å². The predicted octanol–water partition coefficient (Wildman–Crippen LogP) is 1.29. The number of carbonyl (C=O) groups is 1. The van der Waals surface area contributed by atoms with Gasteiger partial charge in [-0.25, -0.2) is 13.2 Å². The van der Waals surface area contributed by atoms with Gasteiger partial charge in [0.15, 0.2) is 17.5 Å². The Hall–Kier alpha value is -1.56. The molecule has 0 radical (unpaired) electrons. The molecule has 1 aromatic carbocycles. The molecule has 2 rings (SSSR count). The summed E-state index contributed by atoms with van der Waals surface area (Å²) in [6.07, 6.45) is -0.0506. The zero-order valence-corrected chi connectivity index (χ0v) is 9.02. The highest BCUT2D eigenvalue weighted by Crippen LogP contribution is 2.24. The quantitative estimate of drug-likeness (QED) is 0.598. The molecular formula is C11H10F3NO2. The van der Waals surface area contributed by atoms with Crippen molar-refractivity contribution in [3.05, 3.63) is 34.6 Å². The molecule has 1 N–H and O–H groups in total. The number of nitrogens with one attached hydrogen (secondary N) is 1. The summed E-state index contributed by atoms with van der Waals surface area (Å²) in [7, 11) is 1.21. The summed E-state index contributed by atoms with van der Waals surface area (Å²) in [6.45, 7) is 0.100. The maximum absolute atomic E-state index is 13.5. The van der Waals surface area contributed by atoms with E-state index in [1.807, 2.05) is 0 Å². The van der Waals surface area contributed by atoms with E-state index in [2.05, 4.69) is 10.1 Å². The second-order valence-corrected chi connectivity index (χ2v) is 3.78. The largest absolute Gasteiger partial charge is 0.468 e. The lowest BCUT2D eigenvalue weighted by Crippen LogP contribution is -2.43. The molecule has 6 heteroatoms. The summed E-state index contributed by atoms with van der Waals surface area (Å²) in [5, 5.41) is 2.77. The van der Waals surface area contributed by atoms with Crippen LogP contribution in [-0.2, 0) is 22.5 Å². The molecule has 1 aliphatic heterocycles. The number of esters is 1. The Kier molecular flexibility index (Phi) is 3.06. The molecule has 0 bridgehead atoms. The van der Waals surface area contributed by atoms with Gasteiger partial charge in [0.1, 0.15) is 6.04 Å². The maximum Gasteiger partial charge on any atom is 0.323 e. The van der Waals surface area contributed by atoms with Gasteiger partial charge in [0.25, 0.3) is 0 Å². The van der Waals surface area contributed by atoms with Crippen LogP contribution in [0.3, 0.4) is 0 Å². The van der Waals surface area contributed by atoms with Gasteiger partial charge in [0, 0.05) is 13.0 Å². The zero-order chi connectivity index (χ0) is 12.6. The smallest absolute Gasteiger partial charge is 0.323 e. The highest BCUT2D eigenvalue weighted by atomic mass is 19.2. The third-order valence-corrected chi connectivity index (χ3v) is 2.79. The van der Waals surface area contributed by atoms with Crippen LogP contribution in [0.4, 0.5) is 13.2 Å². The topological polar surface area (TPSA) is 38.3 Å². The molecule has 0 saturated heterocycles. The first-order valence-electron chi connectivity index (χ1n) is 5.01. The lowest BCUT2D eigenvalue weighted by Gasteiger charge is -2.24. The molecule has 0 saturated carbocycles. The summed E-state index contributed by atoms with van der Waals surface area (Å²) < 4.78 is 44.0. The van der Waals surface area contributed by atoms with Crippen molar-refractivity contribution >= 4 is 5.97 Å². The standard InChI is InChI=1S/C11H10F3NO2/c1-17-11(16)8-3-6-5(4-15-8)2-7(12)10(14)9(6)13/h2,8,15H,3-4H2,1H3. The van der Waals surface area contributed by atoms with Crippen LogP contribution in [0.15, 0.2) is 6.07 Å². The summed E-state index contributed by atoms with van der Waals surface area (Å²) in [5.41, 5.74) is 0.347. The highest BCUT2D eigenvalue weighted by molar-refractivity contribution is 5.76. The van der Waals surface area contributed by atoms with Crippen LogP contribution in [0.2, 0.25) is 0 Å². The normalized spacial score (nSPS) is 18.7. The molecule has 1 aromatic rings. The monoisotopic (exact) mass is 245 g/mol. The highest BCUT2D eigenvalue weighted by Gasteiger charge is 2.29. The van der Waals surface area contributed by atoms with Crippen LogP contribution in [0, 0.1) is 17.5 Å². The van der Waals surface area contributed by atoms with E-state index in [1.54, 1.807) is 0 Å². The third kappa shape index (κ3) is 2.00. The van der Waals surface area contributed by atoms with E-state index in [4.69, 9.17) is 0 Å². The lowest BCUT2D eigenvalue weighted by molar-refractivity contribution is -0.143. The number of rotatable bonds is 1. The van der Waals surface area contributed by atoms with Gasteiger partial charge < -0.3 is 4.74 Å². The molecule has 0 aromatic heterocycles. The van der Waals surface area contributed by atoms with Gasteiger partial charge in [-0.15, -0.1) is 0 Å². The number of carbonyl (C=O) groups excluding carboxylic acids is 1. The Bertz CT molecular complexity index is 476. The fraction of sp³-hybridized carbons (Fsp3) is 0.364. The lowest BCUT2D eigenvalue weighted by atomic mass is 9.95. The van der Waals surface area contributed by atoms with Gasteiger partial charge in [-0.3, -0.25) is 10.1 Å². The Morgan fingerprint density at radius 3 is 2.76 bits per heavy atom. The van der Waals surface area contributed by atoms with Crippen LogP contribution in [0.5, 0.6) is 0 Å². The zero-order valence-electron chi connectivity index (χ0n) is 9.02. The molecule has 17 heavy (non-hydrogen) atoms. The first kappa shape index (κ1) is 11.9. The van der Waals surface area contributed by atoms with Crippen LogP contribution in [-0.4, -0.2) is 19.1 Å². The molecule has 3 nitrogen and oxygen atoms in total. The number of benzene rings is 1. The summed E-state index contributed by atoms with van der Waals surface area (Å²) in [6, 6.07) is 0.209. The first-order chi connectivity index (χ1) is 8.04. The van der Waals surface area contributed by atoms with Gasteiger partial charge in [-0.2, -0.15) is 0 Å². The van der Waals surface area contributed by atoms with Gasteiger partial charge in [0.2, 0.25) is 0 Å². The minimum absolute atomic E-state index is 0.0260. The van der Waals surface area contributed by atoms with Crippen molar-refractivity contribution in [2.24, 2.45) is 0 Å². The average molecular weight is 245 g/mol. The molecule has 1 atom stereocenters. The van der Waals surface area contributed by atoms with Crippen LogP contribution < -0.4 is 5.32 Å². The fourth-order valence-corrected chi connectivity index (χ4v) is 1.88. The van der Waals surface area contributed by atoms with Gasteiger partial charge >= 0.3 is 5.97 Å². The van der Waals surface area contributed by atoms with Crippen molar-refractivity contribution in [2.75, 3.05) is 7.11 Å². The number of hydrogen-bond acceptors (Lipinski definition) is 3. The minimum atomic E-state index is -1.51. The molecule has 1 unspecified atom stereocenters. The van der Waals surface area contributed by atoms with Crippen LogP contribution in [0.25, 0.3) is 0 Å². The Labute approximate surface area is 95.6 Å². The van der Waals surface area contributed by atoms with Crippen LogP contribution in [0.1, 0.15) is 11.1 Å². The number of ether oxygens (including phenoxy) is 1. The summed E-state index contributed by atoms with van der Waals surface area (Å²) in [5.74, 6) is -4.51. The van der Waals surface area contributed by atoms with Crippen molar-refractivity contribution < 1.29 is 22.7 Å². The van der Waals surface area contributed by atoms with Gasteiger partial charge in [-0.05, 0) is 17.2 Å². The molecule has 0 fully saturated rings. The first-order valence-corrected chi connectivity index (χ1v) is 5.01. The molecule has 0 spiro atoms.